The van der Waals surface area contributed by atoms with Crippen molar-refractivity contribution in [2.75, 3.05) is 12.4 Å². The molecule has 1 fully saturated rings. The van der Waals surface area contributed by atoms with Gasteiger partial charge in [0.1, 0.15) is 5.82 Å². The van der Waals surface area contributed by atoms with E-state index in [4.69, 9.17) is 4.74 Å². The van der Waals surface area contributed by atoms with Gasteiger partial charge in [0.25, 0.3) is 0 Å². The van der Waals surface area contributed by atoms with Crippen LogP contribution in [-0.4, -0.2) is 28.1 Å². The average molecular weight is 276 g/mol. The largest absolute Gasteiger partial charge is 0.481 e. The van der Waals surface area contributed by atoms with Gasteiger partial charge in [0.2, 0.25) is 5.88 Å². The zero-order valence-corrected chi connectivity index (χ0v) is 11.8. The van der Waals surface area contributed by atoms with Crippen LogP contribution in [0.4, 0.5) is 5.82 Å². The van der Waals surface area contributed by atoms with Crippen LogP contribution >= 0.6 is 11.3 Å². The quantitative estimate of drug-likeness (QED) is 0.930. The molecule has 2 aromatic heterocycles. The van der Waals surface area contributed by atoms with E-state index >= 15 is 0 Å². The highest BCUT2D eigenvalue weighted by Crippen LogP contribution is 2.27. The molecule has 2 heterocycles. The van der Waals surface area contributed by atoms with E-state index in [-0.39, 0.29) is 0 Å². The summed E-state index contributed by atoms with van der Waals surface area (Å²) in [5.74, 6) is 2.01. The van der Waals surface area contributed by atoms with Crippen molar-refractivity contribution in [2.45, 2.75) is 32.2 Å². The highest BCUT2D eigenvalue weighted by molar-refractivity contribution is 7.13. The fourth-order valence-electron chi connectivity index (χ4n) is 1.92. The lowest BCUT2D eigenvalue weighted by Crippen LogP contribution is -2.27. The fourth-order valence-corrected chi connectivity index (χ4v) is 2.65. The summed E-state index contributed by atoms with van der Waals surface area (Å²) in [6, 6.07) is 2.37. The molecule has 0 aliphatic heterocycles. The highest BCUT2D eigenvalue weighted by Gasteiger charge is 2.19. The van der Waals surface area contributed by atoms with E-state index in [0.717, 1.165) is 16.5 Å². The van der Waals surface area contributed by atoms with Gasteiger partial charge in [0.15, 0.2) is 10.8 Å². The Bertz CT molecular complexity index is 580. The van der Waals surface area contributed by atoms with Crippen LogP contribution in [0.15, 0.2) is 11.4 Å². The summed E-state index contributed by atoms with van der Waals surface area (Å²) in [7, 11) is 1.62. The van der Waals surface area contributed by atoms with Crippen molar-refractivity contribution in [3.8, 4) is 16.7 Å². The molecule has 0 radical (unpaired) electrons. The van der Waals surface area contributed by atoms with Crippen LogP contribution in [-0.2, 0) is 0 Å². The number of hydrogen-bond acceptors (Lipinski definition) is 6. The summed E-state index contributed by atoms with van der Waals surface area (Å²) in [6.07, 6.45) is 3.70. The molecule has 0 spiro atoms. The third-order valence-corrected chi connectivity index (χ3v) is 4.14. The van der Waals surface area contributed by atoms with Crippen LogP contribution in [0.5, 0.6) is 5.88 Å². The van der Waals surface area contributed by atoms with Crippen molar-refractivity contribution < 1.29 is 4.74 Å². The maximum atomic E-state index is 5.24. The minimum absolute atomic E-state index is 0.533. The second-order valence-corrected chi connectivity index (χ2v) is 5.54. The second kappa shape index (κ2) is 5.13. The predicted molar refractivity (Wildman–Crippen MR) is 75.7 cm³/mol. The average Bonchev–Trinajstić information content (AvgIpc) is 2.80. The molecule has 0 aromatic carbocycles. The van der Waals surface area contributed by atoms with E-state index in [1.165, 1.54) is 19.3 Å². The van der Waals surface area contributed by atoms with Crippen molar-refractivity contribution in [1.29, 1.82) is 0 Å². The molecule has 0 bridgehead atoms. The van der Waals surface area contributed by atoms with Crippen molar-refractivity contribution >= 4 is 17.2 Å². The molecule has 6 heteroatoms. The van der Waals surface area contributed by atoms with Crippen molar-refractivity contribution in [2.24, 2.45) is 0 Å². The Balaban J connectivity index is 1.91. The number of nitrogens with zero attached hydrogens (tertiary/aromatic N) is 3. The topological polar surface area (TPSA) is 59.9 Å². The van der Waals surface area contributed by atoms with E-state index in [9.17, 15) is 0 Å². The maximum absolute atomic E-state index is 5.24. The predicted octanol–water partition coefficient (Wildman–Crippen LogP) is 2.88. The highest BCUT2D eigenvalue weighted by atomic mass is 32.1. The van der Waals surface area contributed by atoms with Gasteiger partial charge in [-0.15, -0.1) is 11.3 Å². The third kappa shape index (κ3) is 2.68. The molecule has 1 aliphatic carbocycles. The number of ether oxygens (including phenoxy) is 1. The van der Waals surface area contributed by atoms with Gasteiger partial charge in [-0.05, 0) is 26.2 Å². The van der Waals surface area contributed by atoms with Gasteiger partial charge in [-0.2, -0.15) is 4.98 Å². The van der Waals surface area contributed by atoms with Crippen LogP contribution in [0, 0.1) is 6.92 Å². The lowest BCUT2D eigenvalue weighted by molar-refractivity contribution is 0.397. The number of methoxy groups -OCH3 is 1. The number of nitrogens with one attached hydrogen (secondary N) is 1. The summed E-state index contributed by atoms with van der Waals surface area (Å²) >= 11 is 1.55. The summed E-state index contributed by atoms with van der Waals surface area (Å²) < 4.78 is 5.24. The molecule has 0 unspecified atom stereocenters. The van der Waals surface area contributed by atoms with Crippen LogP contribution in [0.3, 0.4) is 0 Å². The van der Waals surface area contributed by atoms with E-state index in [2.05, 4.69) is 20.3 Å². The number of anilines is 1. The van der Waals surface area contributed by atoms with Crippen molar-refractivity contribution in [1.82, 2.24) is 15.0 Å². The monoisotopic (exact) mass is 276 g/mol. The molecule has 19 heavy (non-hydrogen) atoms. The first-order valence-corrected chi connectivity index (χ1v) is 7.24. The van der Waals surface area contributed by atoms with Crippen LogP contribution in [0.25, 0.3) is 10.8 Å². The Morgan fingerprint density at radius 2 is 2.16 bits per heavy atom. The zero-order valence-electron chi connectivity index (χ0n) is 11.0. The van der Waals surface area contributed by atoms with Gasteiger partial charge in [-0.25, -0.2) is 9.97 Å². The molecule has 1 N–H and O–H groups in total. The van der Waals surface area contributed by atoms with E-state index in [1.54, 1.807) is 18.4 Å². The lowest BCUT2D eigenvalue weighted by Gasteiger charge is -2.27. The molecule has 1 aliphatic rings. The first kappa shape index (κ1) is 12.3. The molecule has 0 saturated heterocycles. The minimum Gasteiger partial charge on any atom is -0.481 e. The lowest BCUT2D eigenvalue weighted by atomic mass is 9.93. The van der Waals surface area contributed by atoms with Gasteiger partial charge in [0, 0.05) is 23.2 Å². The van der Waals surface area contributed by atoms with Gasteiger partial charge in [-0.1, -0.05) is 0 Å². The molecule has 0 atom stereocenters. The number of aromatic nitrogens is 3. The number of thiazole rings is 1. The maximum Gasteiger partial charge on any atom is 0.218 e. The smallest absolute Gasteiger partial charge is 0.218 e. The van der Waals surface area contributed by atoms with Gasteiger partial charge in [0.05, 0.1) is 7.11 Å². The zero-order chi connectivity index (χ0) is 13.2. The minimum atomic E-state index is 0.533. The molecule has 1 saturated carbocycles. The number of hydrogen-bond donors (Lipinski definition) is 1. The number of rotatable bonds is 4. The van der Waals surface area contributed by atoms with Crippen LogP contribution in [0.1, 0.15) is 25.0 Å². The Kier molecular flexibility index (Phi) is 3.33. The summed E-state index contributed by atoms with van der Waals surface area (Å²) in [5.41, 5.74) is 0.986. The van der Waals surface area contributed by atoms with Gasteiger partial charge >= 0.3 is 0 Å². The van der Waals surface area contributed by atoms with Crippen LogP contribution < -0.4 is 10.1 Å². The SMILES string of the molecule is COc1cc(NC2CCC2)nc(-c2nc(C)cs2)n1. The van der Waals surface area contributed by atoms with E-state index < -0.39 is 0 Å². The molecular formula is C13H16N4OS. The Morgan fingerprint density at radius 1 is 1.32 bits per heavy atom. The normalized spacial score (nSPS) is 15.1. The van der Waals surface area contributed by atoms with Crippen molar-refractivity contribution in [3.05, 3.63) is 17.1 Å². The van der Waals surface area contributed by atoms with Gasteiger partial charge < -0.3 is 10.1 Å². The van der Waals surface area contributed by atoms with Gasteiger partial charge in [-0.3, -0.25) is 0 Å². The van der Waals surface area contributed by atoms with Crippen LogP contribution in [0.2, 0.25) is 0 Å². The van der Waals surface area contributed by atoms with Crippen molar-refractivity contribution in [3.63, 3.8) is 0 Å². The molecule has 5 nitrogen and oxygen atoms in total. The number of aryl methyl sites for hydroxylation is 1. The molecule has 2 aromatic rings. The molecule has 100 valence electrons. The Morgan fingerprint density at radius 3 is 2.74 bits per heavy atom. The standard InChI is InChI=1S/C13H16N4OS/c1-8-7-19-13(14-8)12-16-10(6-11(17-12)18-2)15-9-4-3-5-9/h6-7,9H,3-5H2,1-2H3,(H,15,16,17). The summed E-state index contributed by atoms with van der Waals surface area (Å²) in [6.45, 7) is 1.97. The Labute approximate surface area is 116 Å². The fraction of sp³-hybridized carbons (Fsp3) is 0.462. The summed E-state index contributed by atoms with van der Waals surface area (Å²) in [4.78, 5) is 13.3. The first-order valence-electron chi connectivity index (χ1n) is 6.37. The second-order valence-electron chi connectivity index (χ2n) is 4.69. The first-order chi connectivity index (χ1) is 9.24. The Hall–Kier alpha value is -1.69. The molecule has 3 rings (SSSR count). The molecular weight excluding hydrogens is 260 g/mol. The van der Waals surface area contributed by atoms with E-state index in [0.29, 0.717) is 17.7 Å². The third-order valence-electron chi connectivity index (χ3n) is 3.18. The van der Waals surface area contributed by atoms with E-state index in [1.807, 2.05) is 18.4 Å². The summed E-state index contributed by atoms with van der Waals surface area (Å²) in [5, 5.41) is 6.24. The molecule has 0 amide bonds.